The van der Waals surface area contributed by atoms with Crippen LogP contribution >= 0.6 is 11.6 Å². The number of para-hydroxylation sites is 1. The summed E-state index contributed by atoms with van der Waals surface area (Å²) in [6.45, 7) is 11.9. The molecule has 48 heavy (non-hydrogen) atoms. The monoisotopic (exact) mass is 683 g/mol. The van der Waals surface area contributed by atoms with Crippen LogP contribution in [0.1, 0.15) is 57.6 Å². The predicted octanol–water partition coefficient (Wildman–Crippen LogP) is 6.43. The van der Waals surface area contributed by atoms with Gasteiger partial charge in [-0.2, -0.15) is 0 Å². The molecule has 258 valence electrons. The average Bonchev–Trinajstić information content (AvgIpc) is 3.37. The molecule has 3 aromatic rings. The number of H-pyrrole nitrogens is 1. The summed E-state index contributed by atoms with van der Waals surface area (Å²) in [6.07, 6.45) is 2.35. The molecule has 0 bridgehead atoms. The number of halogens is 1. The molecule has 13 nitrogen and oxygen atoms in total. The van der Waals surface area contributed by atoms with Gasteiger partial charge in [-0.1, -0.05) is 17.7 Å². The van der Waals surface area contributed by atoms with Crippen molar-refractivity contribution in [1.82, 2.24) is 19.8 Å². The number of aromatic nitrogens is 2. The van der Waals surface area contributed by atoms with Gasteiger partial charge in [-0.25, -0.2) is 14.5 Å². The number of anilines is 2. The summed E-state index contributed by atoms with van der Waals surface area (Å²) in [7, 11) is 1.50. The van der Waals surface area contributed by atoms with E-state index in [2.05, 4.69) is 15.3 Å². The highest BCUT2D eigenvalue weighted by Gasteiger charge is 2.38. The first-order chi connectivity index (χ1) is 22.7. The minimum atomic E-state index is -0.790. The summed E-state index contributed by atoms with van der Waals surface area (Å²) < 4.78 is 28.8. The topological polar surface area (TPSA) is 145 Å². The number of imide groups is 1. The van der Waals surface area contributed by atoms with Gasteiger partial charge < -0.3 is 34.0 Å². The number of aromatic amines is 1. The van der Waals surface area contributed by atoms with E-state index in [9.17, 15) is 14.4 Å². The van der Waals surface area contributed by atoms with Crippen LogP contribution in [0.5, 0.6) is 11.5 Å². The molecule has 0 unspecified atom stereocenters. The Morgan fingerprint density at radius 1 is 1.08 bits per heavy atom. The second kappa shape index (κ2) is 13.9. The molecule has 1 saturated heterocycles. The Kier molecular flexibility index (Phi) is 10.1. The first kappa shape index (κ1) is 34.8. The molecule has 5 rings (SSSR count). The molecule has 3 amide bonds. The predicted molar refractivity (Wildman–Crippen MR) is 179 cm³/mol. The molecule has 2 aliphatic heterocycles. The van der Waals surface area contributed by atoms with Gasteiger partial charge in [0, 0.05) is 37.0 Å². The highest BCUT2D eigenvalue weighted by atomic mass is 35.5. The molecule has 0 spiro atoms. The van der Waals surface area contributed by atoms with Gasteiger partial charge in [-0.05, 0) is 59.7 Å². The number of morpholine rings is 1. The molecular formula is C34H42ClN5O8. The Balaban J connectivity index is 1.53. The Labute approximate surface area is 284 Å². The maximum absolute atomic E-state index is 14.0. The van der Waals surface area contributed by atoms with E-state index in [4.69, 9.17) is 35.3 Å². The van der Waals surface area contributed by atoms with Crippen molar-refractivity contribution in [3.05, 3.63) is 52.9 Å². The van der Waals surface area contributed by atoms with Crippen LogP contribution in [-0.2, 0) is 20.6 Å². The maximum atomic E-state index is 14.0. The molecule has 4 heterocycles. The second-order valence-corrected chi connectivity index (χ2v) is 13.9. The number of ether oxygens (including phenoxy) is 5. The molecule has 14 heteroatoms. The summed E-state index contributed by atoms with van der Waals surface area (Å²) >= 11 is 6.45. The molecule has 1 atom stereocenters. The van der Waals surface area contributed by atoms with Crippen LogP contribution in [0.25, 0.3) is 11.3 Å². The fraction of sp³-hybridized carbons (Fsp3) is 0.471. The van der Waals surface area contributed by atoms with Crippen LogP contribution < -0.4 is 14.8 Å². The highest BCUT2D eigenvalue weighted by Crippen LogP contribution is 2.44. The molecule has 2 N–H and O–H groups in total. The van der Waals surface area contributed by atoms with E-state index in [1.54, 1.807) is 62.3 Å². The number of carbonyl (C=O) groups excluding carboxylic acids is 3. The van der Waals surface area contributed by atoms with Crippen LogP contribution in [0.3, 0.4) is 0 Å². The Morgan fingerprint density at radius 2 is 1.81 bits per heavy atom. The lowest BCUT2D eigenvalue weighted by atomic mass is 10.0. The zero-order valence-corrected chi connectivity index (χ0v) is 29.0. The van der Waals surface area contributed by atoms with Gasteiger partial charge in [-0.3, -0.25) is 14.7 Å². The highest BCUT2D eigenvalue weighted by molar-refractivity contribution is 6.32. The van der Waals surface area contributed by atoms with Gasteiger partial charge in [0.2, 0.25) is 0 Å². The van der Waals surface area contributed by atoms with Crippen molar-refractivity contribution >= 4 is 41.1 Å². The van der Waals surface area contributed by atoms with Crippen LogP contribution in [0.4, 0.5) is 21.0 Å². The van der Waals surface area contributed by atoms with Gasteiger partial charge in [0.1, 0.15) is 23.6 Å². The van der Waals surface area contributed by atoms with Crippen LogP contribution in [0, 0.1) is 0 Å². The van der Waals surface area contributed by atoms with E-state index in [1.807, 2.05) is 20.8 Å². The standard InChI is InChI=1S/C34H42ClN5O8/c1-33(2,3)47-31(42)39-15-16-45-18-20(39)19-46-25-17-36-13-11-21(25)27-28(38-24-10-8-9-22(35)29(24)44-7)26-23(37-27)12-14-40(30(26)41)32(43)48-34(4,5)6/h8-11,13,17,20,37-38H,12,14-16,18-19H2,1-7H3/t20-/m1/s1. The number of pyridine rings is 1. The number of nitrogens with one attached hydrogen (secondary N) is 2. The largest absolute Gasteiger partial charge is 0.493 e. The number of carbonyl (C=O) groups is 3. The summed E-state index contributed by atoms with van der Waals surface area (Å²) in [6, 6.07) is 6.55. The summed E-state index contributed by atoms with van der Waals surface area (Å²) in [4.78, 5) is 50.5. The first-order valence-corrected chi connectivity index (χ1v) is 16.1. The number of benzene rings is 1. The van der Waals surface area contributed by atoms with Gasteiger partial charge in [0.05, 0.1) is 60.2 Å². The molecular weight excluding hydrogens is 642 g/mol. The lowest BCUT2D eigenvalue weighted by molar-refractivity contribution is -0.0418. The summed E-state index contributed by atoms with van der Waals surface area (Å²) in [5, 5.41) is 3.72. The molecule has 2 aromatic heterocycles. The number of methoxy groups -OCH3 is 1. The fourth-order valence-electron chi connectivity index (χ4n) is 5.44. The summed E-state index contributed by atoms with van der Waals surface area (Å²) in [5.41, 5.74) is 1.43. The molecule has 0 saturated carbocycles. The number of nitrogens with zero attached hydrogens (tertiary/aromatic N) is 3. The van der Waals surface area contributed by atoms with E-state index in [1.165, 1.54) is 7.11 Å². The lowest BCUT2D eigenvalue weighted by Gasteiger charge is -2.36. The Bertz CT molecular complexity index is 1680. The van der Waals surface area contributed by atoms with Crippen molar-refractivity contribution in [2.24, 2.45) is 0 Å². The third kappa shape index (κ3) is 7.79. The van der Waals surface area contributed by atoms with Crippen molar-refractivity contribution in [3.8, 4) is 22.8 Å². The van der Waals surface area contributed by atoms with Gasteiger partial charge in [0.25, 0.3) is 5.91 Å². The Hall–Kier alpha value is -4.49. The van der Waals surface area contributed by atoms with E-state index in [-0.39, 0.29) is 25.3 Å². The normalized spacial score (nSPS) is 16.7. The van der Waals surface area contributed by atoms with Crippen molar-refractivity contribution < 1.29 is 38.1 Å². The first-order valence-electron chi connectivity index (χ1n) is 15.7. The van der Waals surface area contributed by atoms with Crippen molar-refractivity contribution in [1.29, 1.82) is 0 Å². The third-order valence-corrected chi connectivity index (χ3v) is 7.81. The summed E-state index contributed by atoms with van der Waals surface area (Å²) in [5.74, 6) is 0.238. The maximum Gasteiger partial charge on any atom is 0.417 e. The van der Waals surface area contributed by atoms with E-state index in [0.717, 1.165) is 4.90 Å². The van der Waals surface area contributed by atoms with Crippen LogP contribution in [0.15, 0.2) is 36.7 Å². The molecule has 2 aliphatic rings. The number of hydrogen-bond donors (Lipinski definition) is 2. The number of fused-ring (bicyclic) bond motifs is 1. The van der Waals surface area contributed by atoms with Crippen molar-refractivity contribution in [2.45, 2.75) is 65.2 Å². The SMILES string of the molecule is COc1c(Cl)cccc1Nc1c(-c2ccncc2OC[C@H]2COCCN2C(=O)OC(C)(C)C)[nH]c2c1C(=O)N(C(=O)OC(C)(C)C)CC2. The van der Waals surface area contributed by atoms with E-state index < -0.39 is 35.3 Å². The lowest BCUT2D eigenvalue weighted by Crippen LogP contribution is -2.52. The minimum Gasteiger partial charge on any atom is -0.493 e. The second-order valence-electron chi connectivity index (χ2n) is 13.4. The van der Waals surface area contributed by atoms with Gasteiger partial charge in [0.15, 0.2) is 5.75 Å². The van der Waals surface area contributed by atoms with Crippen LogP contribution in [-0.4, -0.2) is 95.1 Å². The zero-order valence-electron chi connectivity index (χ0n) is 28.3. The third-order valence-electron chi connectivity index (χ3n) is 7.51. The number of hydrogen-bond acceptors (Lipinski definition) is 10. The fourth-order valence-corrected chi connectivity index (χ4v) is 5.70. The van der Waals surface area contributed by atoms with E-state index in [0.29, 0.717) is 64.4 Å². The quantitative estimate of drug-likeness (QED) is 0.286. The van der Waals surface area contributed by atoms with E-state index >= 15 is 0 Å². The zero-order chi connectivity index (χ0) is 34.8. The molecule has 0 aliphatic carbocycles. The number of amides is 3. The molecule has 0 radical (unpaired) electrons. The van der Waals surface area contributed by atoms with Gasteiger partial charge in [-0.15, -0.1) is 0 Å². The smallest absolute Gasteiger partial charge is 0.417 e. The number of rotatable bonds is 7. The van der Waals surface area contributed by atoms with Crippen LogP contribution in [0.2, 0.25) is 5.02 Å². The van der Waals surface area contributed by atoms with Crippen molar-refractivity contribution in [2.75, 3.05) is 45.3 Å². The molecule has 1 aromatic carbocycles. The average molecular weight is 684 g/mol. The molecule has 1 fully saturated rings. The van der Waals surface area contributed by atoms with Crippen molar-refractivity contribution in [3.63, 3.8) is 0 Å². The van der Waals surface area contributed by atoms with Gasteiger partial charge >= 0.3 is 12.2 Å². The minimum absolute atomic E-state index is 0.0919. The Morgan fingerprint density at radius 3 is 2.52 bits per heavy atom.